The second kappa shape index (κ2) is 8.28. The van der Waals surface area contributed by atoms with Crippen LogP contribution in [0.25, 0.3) is 0 Å². The Morgan fingerprint density at radius 3 is 2.36 bits per heavy atom. The van der Waals surface area contributed by atoms with Gasteiger partial charge in [0.25, 0.3) is 0 Å². The van der Waals surface area contributed by atoms with Crippen molar-refractivity contribution in [3.8, 4) is 5.75 Å². The van der Waals surface area contributed by atoms with Gasteiger partial charge in [-0.15, -0.1) is 0 Å². The van der Waals surface area contributed by atoms with Gasteiger partial charge in [0, 0.05) is 12.6 Å². The number of benzene rings is 2. The van der Waals surface area contributed by atoms with Crippen molar-refractivity contribution in [2.45, 2.75) is 26.9 Å². The van der Waals surface area contributed by atoms with Crippen LogP contribution in [0.3, 0.4) is 0 Å². The number of nitrogens with one attached hydrogen (secondary N) is 1. The topological polar surface area (TPSA) is 58.6 Å². The first-order valence-electron chi connectivity index (χ1n) is 7.96. The number of carbonyl (C=O) groups is 2. The van der Waals surface area contributed by atoms with Gasteiger partial charge < -0.3 is 15.0 Å². The number of rotatable bonds is 6. The minimum Gasteiger partial charge on any atom is -0.489 e. The SMILES string of the molecule is CC(=O)N(CC(=O)Nc1ccccc1OC(C)C)c1ccc(F)cc1. The Bertz CT molecular complexity index is 745. The predicted molar refractivity (Wildman–Crippen MR) is 95.3 cm³/mol. The maximum atomic E-state index is 13.1. The monoisotopic (exact) mass is 344 g/mol. The van der Waals surface area contributed by atoms with Crippen LogP contribution in [0.15, 0.2) is 48.5 Å². The third kappa shape index (κ3) is 5.31. The molecule has 0 heterocycles. The highest BCUT2D eigenvalue weighted by Gasteiger charge is 2.17. The number of halogens is 1. The molecule has 1 N–H and O–H groups in total. The quantitative estimate of drug-likeness (QED) is 0.871. The van der Waals surface area contributed by atoms with E-state index in [1.54, 1.807) is 18.2 Å². The molecule has 0 aliphatic carbocycles. The first-order chi connectivity index (χ1) is 11.9. The number of hydrogen-bond donors (Lipinski definition) is 1. The van der Waals surface area contributed by atoms with Gasteiger partial charge in [-0.25, -0.2) is 4.39 Å². The summed E-state index contributed by atoms with van der Waals surface area (Å²) in [6.07, 6.45) is -0.0361. The van der Waals surface area contributed by atoms with Crippen LogP contribution >= 0.6 is 0 Å². The maximum Gasteiger partial charge on any atom is 0.244 e. The number of carbonyl (C=O) groups excluding carboxylic acids is 2. The van der Waals surface area contributed by atoms with Gasteiger partial charge in [0.15, 0.2) is 0 Å². The average Bonchev–Trinajstić information content (AvgIpc) is 2.55. The third-order valence-corrected chi connectivity index (χ3v) is 3.34. The van der Waals surface area contributed by atoms with Crippen LogP contribution < -0.4 is 15.0 Å². The van der Waals surface area contributed by atoms with E-state index in [-0.39, 0.29) is 24.5 Å². The van der Waals surface area contributed by atoms with Gasteiger partial charge in [-0.05, 0) is 50.2 Å². The molecule has 0 aliphatic rings. The van der Waals surface area contributed by atoms with E-state index in [0.717, 1.165) is 0 Å². The first-order valence-corrected chi connectivity index (χ1v) is 7.96. The van der Waals surface area contributed by atoms with Gasteiger partial charge in [-0.1, -0.05) is 12.1 Å². The van der Waals surface area contributed by atoms with Crippen LogP contribution in [0.5, 0.6) is 5.75 Å². The van der Waals surface area contributed by atoms with Crippen molar-refractivity contribution < 1.29 is 18.7 Å². The van der Waals surface area contributed by atoms with E-state index in [9.17, 15) is 14.0 Å². The molecular formula is C19H21FN2O3. The van der Waals surface area contributed by atoms with Crippen LogP contribution in [-0.2, 0) is 9.59 Å². The number of para-hydroxylation sites is 2. The highest BCUT2D eigenvalue weighted by atomic mass is 19.1. The second-order valence-corrected chi connectivity index (χ2v) is 5.79. The molecule has 0 aliphatic heterocycles. The van der Waals surface area contributed by atoms with Crippen LogP contribution in [0, 0.1) is 5.82 Å². The van der Waals surface area contributed by atoms with E-state index < -0.39 is 5.82 Å². The lowest BCUT2D eigenvalue weighted by Gasteiger charge is -2.21. The molecule has 0 bridgehead atoms. The normalized spacial score (nSPS) is 10.4. The molecule has 2 aromatic rings. The summed E-state index contributed by atoms with van der Waals surface area (Å²) in [6.45, 7) is 4.96. The van der Waals surface area contributed by atoms with E-state index >= 15 is 0 Å². The molecule has 0 saturated carbocycles. The summed E-state index contributed by atoms with van der Waals surface area (Å²) < 4.78 is 18.7. The number of hydrogen-bond acceptors (Lipinski definition) is 3. The summed E-state index contributed by atoms with van der Waals surface area (Å²) in [7, 11) is 0. The Kier molecular flexibility index (Phi) is 6.11. The lowest BCUT2D eigenvalue weighted by atomic mass is 10.2. The van der Waals surface area contributed by atoms with Crippen molar-refractivity contribution in [2.24, 2.45) is 0 Å². The summed E-state index contributed by atoms with van der Waals surface area (Å²) in [4.78, 5) is 25.5. The number of nitrogens with zero attached hydrogens (tertiary/aromatic N) is 1. The predicted octanol–water partition coefficient (Wildman–Crippen LogP) is 3.60. The summed E-state index contributed by atoms with van der Waals surface area (Å²) in [5, 5.41) is 2.75. The summed E-state index contributed by atoms with van der Waals surface area (Å²) in [5.74, 6) is -0.536. The van der Waals surface area contributed by atoms with Crippen molar-refractivity contribution >= 4 is 23.2 Å². The molecule has 0 spiro atoms. The molecule has 0 fully saturated rings. The molecule has 2 aromatic carbocycles. The zero-order valence-corrected chi connectivity index (χ0v) is 14.5. The molecule has 0 aromatic heterocycles. The molecule has 2 amide bonds. The standard InChI is InChI=1S/C19H21FN2O3/c1-13(2)25-18-7-5-4-6-17(18)21-19(24)12-22(14(3)23)16-10-8-15(20)9-11-16/h4-11,13H,12H2,1-3H3,(H,21,24). The Hall–Kier alpha value is -2.89. The van der Waals surface area contributed by atoms with Gasteiger partial charge in [0.1, 0.15) is 18.1 Å². The lowest BCUT2D eigenvalue weighted by molar-refractivity contribution is -0.120. The molecule has 0 radical (unpaired) electrons. The van der Waals surface area contributed by atoms with Crippen molar-refractivity contribution in [3.63, 3.8) is 0 Å². The van der Waals surface area contributed by atoms with Gasteiger partial charge >= 0.3 is 0 Å². The molecule has 2 rings (SSSR count). The average molecular weight is 344 g/mol. The number of anilines is 2. The Morgan fingerprint density at radius 1 is 1.12 bits per heavy atom. The number of amides is 2. The molecule has 0 saturated heterocycles. The van der Waals surface area contributed by atoms with Crippen LogP contribution in [0.1, 0.15) is 20.8 Å². The van der Waals surface area contributed by atoms with E-state index in [0.29, 0.717) is 17.1 Å². The molecular weight excluding hydrogens is 323 g/mol. The van der Waals surface area contributed by atoms with E-state index in [1.165, 1.54) is 36.1 Å². The lowest BCUT2D eigenvalue weighted by Crippen LogP contribution is -2.36. The molecule has 0 unspecified atom stereocenters. The molecule has 25 heavy (non-hydrogen) atoms. The first kappa shape index (κ1) is 18.4. The van der Waals surface area contributed by atoms with E-state index in [4.69, 9.17) is 4.74 Å². The fourth-order valence-electron chi connectivity index (χ4n) is 2.27. The molecule has 6 heteroatoms. The molecule has 132 valence electrons. The van der Waals surface area contributed by atoms with Gasteiger partial charge in [0.05, 0.1) is 11.8 Å². The second-order valence-electron chi connectivity index (χ2n) is 5.79. The highest BCUT2D eigenvalue weighted by Crippen LogP contribution is 2.25. The van der Waals surface area contributed by atoms with Gasteiger partial charge in [0.2, 0.25) is 11.8 Å². The van der Waals surface area contributed by atoms with Crippen LogP contribution in [0.2, 0.25) is 0 Å². The fraction of sp³-hybridized carbons (Fsp3) is 0.263. The number of ether oxygens (including phenoxy) is 1. The van der Waals surface area contributed by atoms with Crippen molar-refractivity contribution in [3.05, 3.63) is 54.3 Å². The fourth-order valence-corrected chi connectivity index (χ4v) is 2.27. The van der Waals surface area contributed by atoms with Crippen molar-refractivity contribution in [2.75, 3.05) is 16.8 Å². The zero-order chi connectivity index (χ0) is 18.4. The van der Waals surface area contributed by atoms with Crippen LogP contribution in [-0.4, -0.2) is 24.5 Å². The Morgan fingerprint density at radius 2 is 1.76 bits per heavy atom. The van der Waals surface area contributed by atoms with Crippen molar-refractivity contribution in [1.29, 1.82) is 0 Å². The van der Waals surface area contributed by atoms with Crippen molar-refractivity contribution in [1.82, 2.24) is 0 Å². The summed E-state index contributed by atoms with van der Waals surface area (Å²) >= 11 is 0. The third-order valence-electron chi connectivity index (χ3n) is 3.34. The highest BCUT2D eigenvalue weighted by molar-refractivity contribution is 6.02. The van der Waals surface area contributed by atoms with Crippen LogP contribution in [0.4, 0.5) is 15.8 Å². The van der Waals surface area contributed by atoms with Gasteiger partial charge in [-0.3, -0.25) is 9.59 Å². The minimum atomic E-state index is -0.406. The van der Waals surface area contributed by atoms with Gasteiger partial charge in [-0.2, -0.15) is 0 Å². The summed E-state index contributed by atoms with van der Waals surface area (Å²) in [6, 6.07) is 12.5. The van der Waals surface area contributed by atoms with E-state index in [2.05, 4.69) is 5.32 Å². The maximum absolute atomic E-state index is 13.1. The Labute approximate surface area is 146 Å². The zero-order valence-electron chi connectivity index (χ0n) is 14.5. The summed E-state index contributed by atoms with van der Waals surface area (Å²) in [5.41, 5.74) is 0.986. The molecule has 5 nitrogen and oxygen atoms in total. The smallest absolute Gasteiger partial charge is 0.244 e. The largest absolute Gasteiger partial charge is 0.489 e. The Balaban J connectivity index is 2.12. The molecule has 0 atom stereocenters. The van der Waals surface area contributed by atoms with E-state index in [1.807, 2.05) is 19.9 Å². The minimum absolute atomic E-state index is 0.0361.